The Morgan fingerprint density at radius 2 is 2.00 bits per heavy atom. The Kier molecular flexibility index (Phi) is 5.64. The molecule has 1 aliphatic carbocycles. The van der Waals surface area contributed by atoms with Crippen molar-refractivity contribution in [1.82, 2.24) is 10.2 Å². The summed E-state index contributed by atoms with van der Waals surface area (Å²) in [5.41, 5.74) is 0. The number of nitrogens with zero attached hydrogens (tertiary/aromatic N) is 1. The molecule has 1 amide bonds. The van der Waals surface area contributed by atoms with Gasteiger partial charge in [-0.05, 0) is 37.5 Å². The summed E-state index contributed by atoms with van der Waals surface area (Å²) in [5, 5.41) is 12.2. The minimum Gasteiger partial charge on any atom is -0.396 e. The molecule has 0 spiro atoms. The Morgan fingerprint density at radius 3 is 2.63 bits per heavy atom. The Morgan fingerprint density at radius 1 is 1.26 bits per heavy atom. The molecular weight excluding hydrogens is 240 g/mol. The van der Waals surface area contributed by atoms with Crippen LogP contribution in [0.2, 0.25) is 0 Å². The first-order valence-corrected chi connectivity index (χ1v) is 7.77. The van der Waals surface area contributed by atoms with Crippen LogP contribution in [0.25, 0.3) is 0 Å². The van der Waals surface area contributed by atoms with Gasteiger partial charge in [-0.3, -0.25) is 4.79 Å². The van der Waals surface area contributed by atoms with Crippen LogP contribution in [0.3, 0.4) is 0 Å². The van der Waals surface area contributed by atoms with Gasteiger partial charge in [-0.15, -0.1) is 0 Å². The molecule has 2 N–H and O–H groups in total. The number of likely N-dealkylation sites (tertiary alicyclic amines) is 1. The number of nitrogens with one attached hydrogen (secondary N) is 1. The number of hydrogen-bond acceptors (Lipinski definition) is 3. The molecule has 4 heteroatoms. The van der Waals surface area contributed by atoms with Gasteiger partial charge in [-0.2, -0.15) is 0 Å². The Labute approximate surface area is 116 Å². The molecule has 0 aromatic carbocycles. The summed E-state index contributed by atoms with van der Waals surface area (Å²) in [6.45, 7) is 5.11. The number of carbonyl (C=O) groups is 1. The number of piperidine rings is 1. The number of aliphatic hydroxyl groups excluding tert-OH is 1. The van der Waals surface area contributed by atoms with Gasteiger partial charge in [0, 0.05) is 39.2 Å². The molecule has 2 unspecified atom stereocenters. The molecule has 2 aliphatic rings. The van der Waals surface area contributed by atoms with E-state index >= 15 is 0 Å². The van der Waals surface area contributed by atoms with Crippen molar-refractivity contribution in [2.45, 2.75) is 51.5 Å². The quantitative estimate of drug-likeness (QED) is 0.792. The highest BCUT2D eigenvalue weighted by Crippen LogP contribution is 2.28. The number of rotatable bonds is 5. The lowest BCUT2D eigenvalue weighted by Crippen LogP contribution is -2.51. The third kappa shape index (κ3) is 4.77. The fraction of sp³-hybridized carbons (Fsp3) is 0.933. The molecule has 0 aromatic heterocycles. The Bertz CT molecular complexity index is 290. The molecule has 110 valence electrons. The molecule has 1 saturated carbocycles. The van der Waals surface area contributed by atoms with Crippen LogP contribution < -0.4 is 5.32 Å². The SMILES string of the molecule is CC(=O)NC1CC(CCO)CN(CC2CCCC2)C1. The molecule has 0 radical (unpaired) electrons. The van der Waals surface area contributed by atoms with Crippen LogP contribution in [0.15, 0.2) is 0 Å². The largest absolute Gasteiger partial charge is 0.396 e. The first-order chi connectivity index (χ1) is 9.17. The highest BCUT2D eigenvalue weighted by atomic mass is 16.3. The summed E-state index contributed by atoms with van der Waals surface area (Å²) < 4.78 is 0. The molecule has 1 saturated heterocycles. The zero-order valence-electron chi connectivity index (χ0n) is 12.1. The number of hydrogen-bond donors (Lipinski definition) is 2. The summed E-state index contributed by atoms with van der Waals surface area (Å²) in [6.07, 6.45) is 7.37. The number of carbonyl (C=O) groups excluding carboxylic acids is 1. The van der Waals surface area contributed by atoms with Crippen molar-refractivity contribution in [1.29, 1.82) is 0 Å². The summed E-state index contributed by atoms with van der Waals surface area (Å²) >= 11 is 0. The first kappa shape index (κ1) is 14.8. The van der Waals surface area contributed by atoms with Gasteiger partial charge in [0.25, 0.3) is 0 Å². The number of aliphatic hydroxyl groups is 1. The van der Waals surface area contributed by atoms with E-state index in [1.807, 2.05) is 0 Å². The van der Waals surface area contributed by atoms with E-state index in [1.165, 1.54) is 32.2 Å². The molecule has 2 fully saturated rings. The van der Waals surface area contributed by atoms with Gasteiger partial charge >= 0.3 is 0 Å². The van der Waals surface area contributed by atoms with Crippen molar-refractivity contribution in [3.05, 3.63) is 0 Å². The minimum atomic E-state index is 0.0652. The van der Waals surface area contributed by atoms with E-state index < -0.39 is 0 Å². The van der Waals surface area contributed by atoms with E-state index in [9.17, 15) is 4.79 Å². The normalized spacial score (nSPS) is 29.6. The van der Waals surface area contributed by atoms with Crippen molar-refractivity contribution in [2.75, 3.05) is 26.2 Å². The topological polar surface area (TPSA) is 52.6 Å². The van der Waals surface area contributed by atoms with E-state index in [0.717, 1.165) is 31.8 Å². The standard InChI is InChI=1S/C15H28N2O2/c1-12(19)16-15-8-14(6-7-18)10-17(11-15)9-13-4-2-3-5-13/h13-15,18H,2-11H2,1H3,(H,16,19). The molecular formula is C15H28N2O2. The molecule has 2 atom stereocenters. The highest BCUT2D eigenvalue weighted by molar-refractivity contribution is 5.73. The van der Waals surface area contributed by atoms with Gasteiger partial charge in [-0.25, -0.2) is 0 Å². The highest BCUT2D eigenvalue weighted by Gasteiger charge is 2.29. The van der Waals surface area contributed by atoms with Crippen molar-refractivity contribution < 1.29 is 9.90 Å². The van der Waals surface area contributed by atoms with Crippen LogP contribution in [0.1, 0.15) is 45.4 Å². The summed E-state index contributed by atoms with van der Waals surface area (Å²) in [5.74, 6) is 1.44. The second kappa shape index (κ2) is 7.25. The van der Waals surface area contributed by atoms with Gasteiger partial charge in [0.2, 0.25) is 5.91 Å². The summed E-state index contributed by atoms with van der Waals surface area (Å²) in [6, 6.07) is 0.268. The second-order valence-electron chi connectivity index (χ2n) is 6.38. The number of amides is 1. The average Bonchev–Trinajstić information content (AvgIpc) is 2.81. The van der Waals surface area contributed by atoms with Crippen LogP contribution in [0, 0.1) is 11.8 Å². The van der Waals surface area contributed by atoms with E-state index in [0.29, 0.717) is 5.92 Å². The third-order valence-electron chi connectivity index (χ3n) is 4.55. The fourth-order valence-electron chi connectivity index (χ4n) is 3.79. The molecule has 2 rings (SSSR count). The van der Waals surface area contributed by atoms with Crippen molar-refractivity contribution in [3.63, 3.8) is 0 Å². The van der Waals surface area contributed by atoms with Crippen LogP contribution in [0.4, 0.5) is 0 Å². The van der Waals surface area contributed by atoms with Crippen molar-refractivity contribution in [3.8, 4) is 0 Å². The lowest BCUT2D eigenvalue weighted by Gasteiger charge is -2.39. The van der Waals surface area contributed by atoms with Crippen LogP contribution in [-0.2, 0) is 4.79 Å². The van der Waals surface area contributed by atoms with E-state index in [4.69, 9.17) is 5.11 Å². The lowest BCUT2D eigenvalue weighted by atomic mass is 9.90. The molecule has 0 bridgehead atoms. The molecule has 0 aromatic rings. The fourth-order valence-corrected chi connectivity index (χ4v) is 3.79. The van der Waals surface area contributed by atoms with Gasteiger partial charge in [-0.1, -0.05) is 12.8 Å². The summed E-state index contributed by atoms with van der Waals surface area (Å²) in [4.78, 5) is 13.8. The smallest absolute Gasteiger partial charge is 0.217 e. The third-order valence-corrected chi connectivity index (χ3v) is 4.55. The molecule has 19 heavy (non-hydrogen) atoms. The maximum absolute atomic E-state index is 11.2. The van der Waals surface area contributed by atoms with Gasteiger partial charge in [0.15, 0.2) is 0 Å². The predicted octanol–water partition coefficient (Wildman–Crippen LogP) is 1.39. The average molecular weight is 268 g/mol. The van der Waals surface area contributed by atoms with Crippen LogP contribution in [0.5, 0.6) is 0 Å². The van der Waals surface area contributed by atoms with Crippen molar-refractivity contribution >= 4 is 5.91 Å². The van der Waals surface area contributed by atoms with E-state index in [-0.39, 0.29) is 18.6 Å². The maximum atomic E-state index is 11.2. The van der Waals surface area contributed by atoms with Crippen LogP contribution in [-0.4, -0.2) is 48.2 Å². The zero-order chi connectivity index (χ0) is 13.7. The maximum Gasteiger partial charge on any atom is 0.217 e. The van der Waals surface area contributed by atoms with Crippen molar-refractivity contribution in [2.24, 2.45) is 11.8 Å². The second-order valence-corrected chi connectivity index (χ2v) is 6.38. The molecule has 4 nitrogen and oxygen atoms in total. The van der Waals surface area contributed by atoms with E-state index in [2.05, 4.69) is 10.2 Å². The predicted molar refractivity (Wildman–Crippen MR) is 75.8 cm³/mol. The van der Waals surface area contributed by atoms with Gasteiger partial charge in [0.05, 0.1) is 0 Å². The molecule has 1 aliphatic heterocycles. The zero-order valence-corrected chi connectivity index (χ0v) is 12.1. The van der Waals surface area contributed by atoms with Gasteiger partial charge < -0.3 is 15.3 Å². The summed E-state index contributed by atoms with van der Waals surface area (Å²) in [7, 11) is 0. The van der Waals surface area contributed by atoms with Gasteiger partial charge in [0.1, 0.15) is 0 Å². The van der Waals surface area contributed by atoms with E-state index in [1.54, 1.807) is 6.92 Å². The lowest BCUT2D eigenvalue weighted by molar-refractivity contribution is -0.120. The monoisotopic (exact) mass is 268 g/mol. The Balaban J connectivity index is 1.87. The molecule has 1 heterocycles. The Hall–Kier alpha value is -0.610. The van der Waals surface area contributed by atoms with Crippen LogP contribution >= 0.6 is 0 Å². The first-order valence-electron chi connectivity index (χ1n) is 7.77. The minimum absolute atomic E-state index is 0.0652.